The molecule has 1 saturated heterocycles. The van der Waals surface area contributed by atoms with Crippen LogP contribution in [0.25, 0.3) is 0 Å². The highest BCUT2D eigenvalue weighted by Crippen LogP contribution is 2.20. The van der Waals surface area contributed by atoms with Gasteiger partial charge in [0, 0.05) is 26.2 Å². The van der Waals surface area contributed by atoms with Crippen LogP contribution in [0.15, 0.2) is 0 Å². The van der Waals surface area contributed by atoms with E-state index in [0.29, 0.717) is 12.2 Å². The van der Waals surface area contributed by atoms with Crippen LogP contribution in [0.1, 0.15) is 40.0 Å². The highest BCUT2D eigenvalue weighted by atomic mass is 16.5. The van der Waals surface area contributed by atoms with Gasteiger partial charge in [0.15, 0.2) is 0 Å². The van der Waals surface area contributed by atoms with Crippen molar-refractivity contribution < 1.29 is 9.47 Å². The van der Waals surface area contributed by atoms with Crippen molar-refractivity contribution in [2.75, 3.05) is 45.9 Å². The number of rotatable bonds is 11. The second kappa shape index (κ2) is 10.6. The van der Waals surface area contributed by atoms with Crippen molar-refractivity contribution in [3.05, 3.63) is 0 Å². The van der Waals surface area contributed by atoms with Crippen molar-refractivity contribution in [3.8, 4) is 0 Å². The van der Waals surface area contributed by atoms with E-state index in [1.807, 2.05) is 6.92 Å². The second-order valence-corrected chi connectivity index (χ2v) is 5.25. The van der Waals surface area contributed by atoms with Gasteiger partial charge >= 0.3 is 0 Å². The molecular formula is C15H32N2O2. The lowest BCUT2D eigenvalue weighted by Gasteiger charge is -2.24. The van der Waals surface area contributed by atoms with E-state index in [-0.39, 0.29) is 0 Å². The molecule has 0 aromatic carbocycles. The fourth-order valence-corrected chi connectivity index (χ4v) is 2.51. The van der Waals surface area contributed by atoms with Crippen molar-refractivity contribution in [1.29, 1.82) is 0 Å². The first-order valence-electron chi connectivity index (χ1n) is 7.96. The van der Waals surface area contributed by atoms with Crippen LogP contribution >= 0.6 is 0 Å². The molecule has 4 nitrogen and oxygen atoms in total. The van der Waals surface area contributed by atoms with Crippen LogP contribution in [0.2, 0.25) is 0 Å². The third kappa shape index (κ3) is 7.25. The third-order valence-corrected chi connectivity index (χ3v) is 3.66. The number of likely N-dealkylation sites (N-methyl/N-ethyl adjacent to an activating group) is 1. The number of nitrogens with zero attached hydrogens (tertiary/aromatic N) is 1. The standard InChI is InChI=1S/C15H32N2O2/c1-4-9-16-12-14-7-8-15(19-14)13-17(5-2)10-11-18-6-3/h14-16H,4-13H2,1-3H3. The Morgan fingerprint density at radius 1 is 1.21 bits per heavy atom. The van der Waals surface area contributed by atoms with Gasteiger partial charge in [-0.1, -0.05) is 13.8 Å². The van der Waals surface area contributed by atoms with Gasteiger partial charge in [-0.15, -0.1) is 0 Å². The molecular weight excluding hydrogens is 240 g/mol. The Morgan fingerprint density at radius 3 is 2.68 bits per heavy atom. The Labute approximate surface area is 118 Å². The third-order valence-electron chi connectivity index (χ3n) is 3.66. The summed E-state index contributed by atoms with van der Waals surface area (Å²) < 4.78 is 11.5. The molecule has 0 aliphatic carbocycles. The highest BCUT2D eigenvalue weighted by molar-refractivity contribution is 4.77. The summed E-state index contributed by atoms with van der Waals surface area (Å²) in [6, 6.07) is 0. The molecule has 1 aliphatic heterocycles. The second-order valence-electron chi connectivity index (χ2n) is 5.25. The van der Waals surface area contributed by atoms with Gasteiger partial charge in [-0.3, -0.25) is 4.90 Å². The maximum Gasteiger partial charge on any atom is 0.0707 e. The molecule has 2 unspecified atom stereocenters. The molecule has 1 aliphatic rings. The molecule has 0 bridgehead atoms. The summed E-state index contributed by atoms with van der Waals surface area (Å²) in [5.74, 6) is 0. The van der Waals surface area contributed by atoms with Gasteiger partial charge in [0.2, 0.25) is 0 Å². The number of nitrogens with one attached hydrogen (secondary N) is 1. The van der Waals surface area contributed by atoms with Gasteiger partial charge < -0.3 is 14.8 Å². The Bertz CT molecular complexity index is 214. The van der Waals surface area contributed by atoms with Gasteiger partial charge in [-0.05, 0) is 39.3 Å². The summed E-state index contributed by atoms with van der Waals surface area (Å²) in [4.78, 5) is 2.43. The van der Waals surface area contributed by atoms with Gasteiger partial charge in [-0.25, -0.2) is 0 Å². The van der Waals surface area contributed by atoms with Crippen LogP contribution in [-0.4, -0.2) is 63.0 Å². The van der Waals surface area contributed by atoms with Gasteiger partial charge in [-0.2, -0.15) is 0 Å². The zero-order valence-corrected chi connectivity index (χ0v) is 13.0. The maximum atomic E-state index is 6.10. The molecule has 19 heavy (non-hydrogen) atoms. The maximum absolute atomic E-state index is 6.10. The summed E-state index contributed by atoms with van der Waals surface area (Å²) in [5, 5.41) is 3.45. The number of hydrogen-bond donors (Lipinski definition) is 1. The predicted molar refractivity (Wildman–Crippen MR) is 79.7 cm³/mol. The van der Waals surface area contributed by atoms with Crippen LogP contribution in [0.3, 0.4) is 0 Å². The van der Waals surface area contributed by atoms with Crippen molar-refractivity contribution in [3.63, 3.8) is 0 Å². The summed E-state index contributed by atoms with van der Waals surface area (Å²) >= 11 is 0. The van der Waals surface area contributed by atoms with Crippen molar-refractivity contribution in [1.82, 2.24) is 10.2 Å². The molecule has 114 valence electrons. The molecule has 0 radical (unpaired) electrons. The van der Waals surface area contributed by atoms with E-state index in [9.17, 15) is 0 Å². The van der Waals surface area contributed by atoms with E-state index in [0.717, 1.165) is 45.9 Å². The molecule has 1 fully saturated rings. The molecule has 0 amide bonds. The fraction of sp³-hybridized carbons (Fsp3) is 1.00. The molecule has 0 aromatic heterocycles. The topological polar surface area (TPSA) is 33.7 Å². The molecule has 1 rings (SSSR count). The minimum absolute atomic E-state index is 0.412. The number of hydrogen-bond acceptors (Lipinski definition) is 4. The molecule has 2 atom stereocenters. The smallest absolute Gasteiger partial charge is 0.0707 e. The molecule has 1 N–H and O–H groups in total. The Morgan fingerprint density at radius 2 is 2.00 bits per heavy atom. The zero-order chi connectivity index (χ0) is 13.9. The van der Waals surface area contributed by atoms with Gasteiger partial charge in [0.1, 0.15) is 0 Å². The minimum atomic E-state index is 0.412. The first kappa shape index (κ1) is 16.9. The SMILES string of the molecule is CCCNCC1CCC(CN(CC)CCOCC)O1. The average molecular weight is 272 g/mol. The van der Waals surface area contributed by atoms with Crippen LogP contribution in [0.4, 0.5) is 0 Å². The van der Waals surface area contributed by atoms with E-state index in [2.05, 4.69) is 24.1 Å². The van der Waals surface area contributed by atoms with E-state index in [4.69, 9.17) is 9.47 Å². The molecule has 0 spiro atoms. The summed E-state index contributed by atoms with van der Waals surface area (Å²) in [6.07, 6.45) is 4.42. The van der Waals surface area contributed by atoms with E-state index in [1.165, 1.54) is 19.3 Å². The van der Waals surface area contributed by atoms with Gasteiger partial charge in [0.25, 0.3) is 0 Å². The normalized spacial score (nSPS) is 23.4. The van der Waals surface area contributed by atoms with Crippen LogP contribution in [0, 0.1) is 0 Å². The first-order valence-corrected chi connectivity index (χ1v) is 7.96. The van der Waals surface area contributed by atoms with Crippen LogP contribution in [-0.2, 0) is 9.47 Å². The fourth-order valence-electron chi connectivity index (χ4n) is 2.51. The van der Waals surface area contributed by atoms with Crippen molar-refractivity contribution >= 4 is 0 Å². The highest BCUT2D eigenvalue weighted by Gasteiger charge is 2.26. The quantitative estimate of drug-likeness (QED) is 0.582. The lowest BCUT2D eigenvalue weighted by molar-refractivity contribution is 0.0181. The lowest BCUT2D eigenvalue weighted by atomic mass is 10.2. The molecule has 0 saturated carbocycles. The van der Waals surface area contributed by atoms with Crippen LogP contribution in [0.5, 0.6) is 0 Å². The Balaban J connectivity index is 2.14. The van der Waals surface area contributed by atoms with Crippen molar-refractivity contribution in [2.45, 2.75) is 52.2 Å². The Kier molecular flexibility index (Phi) is 9.43. The lowest BCUT2D eigenvalue weighted by Crippen LogP contribution is -2.36. The van der Waals surface area contributed by atoms with E-state index >= 15 is 0 Å². The molecule has 1 heterocycles. The summed E-state index contributed by atoms with van der Waals surface area (Å²) in [7, 11) is 0. The summed E-state index contributed by atoms with van der Waals surface area (Å²) in [5.41, 5.74) is 0. The largest absolute Gasteiger partial charge is 0.380 e. The predicted octanol–water partition coefficient (Wildman–Crippen LogP) is 1.89. The minimum Gasteiger partial charge on any atom is -0.380 e. The number of ether oxygens (including phenoxy) is 2. The molecule has 0 aromatic rings. The van der Waals surface area contributed by atoms with E-state index < -0.39 is 0 Å². The molecule has 4 heteroatoms. The zero-order valence-electron chi connectivity index (χ0n) is 13.0. The van der Waals surface area contributed by atoms with Gasteiger partial charge in [0.05, 0.1) is 18.8 Å². The van der Waals surface area contributed by atoms with Crippen LogP contribution < -0.4 is 5.32 Å². The van der Waals surface area contributed by atoms with E-state index in [1.54, 1.807) is 0 Å². The average Bonchev–Trinajstić information content (AvgIpc) is 2.86. The van der Waals surface area contributed by atoms with Crippen molar-refractivity contribution in [2.24, 2.45) is 0 Å². The summed E-state index contributed by atoms with van der Waals surface area (Å²) in [6.45, 7) is 13.3. The first-order chi connectivity index (χ1) is 9.30. The monoisotopic (exact) mass is 272 g/mol. The Hall–Kier alpha value is -0.160.